The molecule has 4 aromatic rings. The van der Waals surface area contributed by atoms with Gasteiger partial charge in [-0.25, -0.2) is 9.37 Å². The molecule has 0 atom stereocenters. The summed E-state index contributed by atoms with van der Waals surface area (Å²) in [5.74, 6) is -0.915. The number of H-pyrrole nitrogens is 2. The highest BCUT2D eigenvalue weighted by Crippen LogP contribution is 2.26. The van der Waals surface area contributed by atoms with Crippen LogP contribution < -0.4 is 5.56 Å². The molecule has 8 nitrogen and oxygen atoms in total. The Morgan fingerprint density at radius 1 is 1.16 bits per heavy atom. The summed E-state index contributed by atoms with van der Waals surface area (Å²) in [6, 6.07) is 4.57. The zero-order chi connectivity index (χ0) is 22.2. The van der Waals surface area contributed by atoms with Crippen molar-refractivity contribution < 1.29 is 13.9 Å². The van der Waals surface area contributed by atoms with Gasteiger partial charge >= 0.3 is 0 Å². The third-order valence-corrected chi connectivity index (χ3v) is 6.53. The van der Waals surface area contributed by atoms with E-state index in [4.69, 9.17) is 4.74 Å². The number of carbonyl (C=O) groups excluding carboxylic acids is 1. The van der Waals surface area contributed by atoms with Gasteiger partial charge in [0.15, 0.2) is 5.69 Å². The Balaban J connectivity index is 1.42. The molecule has 1 saturated heterocycles. The number of rotatable bonds is 5. The number of amides is 1. The number of nitrogens with zero attached hydrogens (tertiary/aromatic N) is 3. The van der Waals surface area contributed by atoms with Crippen molar-refractivity contribution >= 4 is 39.2 Å². The molecule has 0 spiro atoms. The third kappa shape index (κ3) is 3.81. The summed E-state index contributed by atoms with van der Waals surface area (Å²) in [6.45, 7) is 4.00. The van der Waals surface area contributed by atoms with Gasteiger partial charge in [0.25, 0.3) is 11.5 Å². The Hall–Kier alpha value is -3.08. The number of aromatic nitrogens is 3. The number of piperazine rings is 1. The molecule has 0 bridgehead atoms. The molecule has 166 valence electrons. The molecule has 0 radical (unpaired) electrons. The molecule has 5 rings (SSSR count). The minimum Gasteiger partial charge on any atom is -0.383 e. The summed E-state index contributed by atoms with van der Waals surface area (Å²) >= 11 is 1.45. The zero-order valence-corrected chi connectivity index (χ0v) is 18.3. The van der Waals surface area contributed by atoms with E-state index in [1.165, 1.54) is 17.4 Å². The number of hydrogen-bond acceptors (Lipinski definition) is 6. The number of fused-ring (bicyclic) bond motifs is 2. The monoisotopic (exact) mass is 455 g/mol. The van der Waals surface area contributed by atoms with E-state index < -0.39 is 5.82 Å². The average Bonchev–Trinajstić information content (AvgIpc) is 3.42. The number of halogens is 1. The maximum absolute atomic E-state index is 14.8. The van der Waals surface area contributed by atoms with Crippen LogP contribution in [0, 0.1) is 5.82 Å². The summed E-state index contributed by atoms with van der Waals surface area (Å²) in [4.78, 5) is 39.7. The van der Waals surface area contributed by atoms with Crippen molar-refractivity contribution in [1.29, 1.82) is 0 Å². The van der Waals surface area contributed by atoms with Gasteiger partial charge in [0.05, 0.1) is 28.9 Å². The van der Waals surface area contributed by atoms with Gasteiger partial charge in [-0.1, -0.05) is 0 Å². The Labute approximate surface area is 186 Å². The van der Waals surface area contributed by atoms with Crippen LogP contribution in [0.25, 0.3) is 33.3 Å². The lowest BCUT2D eigenvalue weighted by Gasteiger charge is -2.34. The number of methoxy groups -OCH3 is 1. The predicted molar refractivity (Wildman–Crippen MR) is 122 cm³/mol. The maximum atomic E-state index is 14.8. The lowest BCUT2D eigenvalue weighted by atomic mass is 10.1. The highest BCUT2D eigenvalue weighted by atomic mass is 32.1. The number of benzene rings is 1. The first-order valence-corrected chi connectivity index (χ1v) is 11.3. The first-order chi connectivity index (χ1) is 15.5. The number of nitrogens with one attached hydrogen (secondary N) is 2. The summed E-state index contributed by atoms with van der Waals surface area (Å²) in [7, 11) is 1.66. The largest absolute Gasteiger partial charge is 0.383 e. The van der Waals surface area contributed by atoms with Gasteiger partial charge in [0.2, 0.25) is 0 Å². The fourth-order valence-electron chi connectivity index (χ4n) is 4.02. The van der Waals surface area contributed by atoms with Gasteiger partial charge in [-0.15, -0.1) is 11.3 Å². The second kappa shape index (κ2) is 8.45. The highest BCUT2D eigenvalue weighted by Gasteiger charge is 2.25. The van der Waals surface area contributed by atoms with Crippen LogP contribution in [0.4, 0.5) is 4.39 Å². The Kier molecular flexibility index (Phi) is 5.50. The van der Waals surface area contributed by atoms with Crippen LogP contribution in [-0.4, -0.2) is 77.1 Å². The van der Waals surface area contributed by atoms with E-state index >= 15 is 0 Å². The summed E-state index contributed by atoms with van der Waals surface area (Å²) in [5, 5.41) is 4.32. The number of thiophene rings is 1. The van der Waals surface area contributed by atoms with Gasteiger partial charge in [-0.3, -0.25) is 14.5 Å². The molecule has 10 heteroatoms. The SMILES string of the molecule is COCCN1CCN(C(=O)c2cc3cc(-c4nc5cscc5[nH]c4=O)[nH]c3cc2F)CC1. The molecule has 0 saturated carbocycles. The topological polar surface area (TPSA) is 94.3 Å². The second-order valence-corrected chi connectivity index (χ2v) is 8.56. The van der Waals surface area contributed by atoms with E-state index in [1.807, 2.05) is 10.8 Å². The van der Waals surface area contributed by atoms with Crippen LogP contribution in [0.15, 0.2) is 33.8 Å². The van der Waals surface area contributed by atoms with Crippen molar-refractivity contribution in [3.8, 4) is 11.4 Å². The van der Waals surface area contributed by atoms with Gasteiger partial charge in [-0.05, 0) is 18.2 Å². The minimum absolute atomic E-state index is 0.0311. The van der Waals surface area contributed by atoms with Gasteiger partial charge in [-0.2, -0.15) is 0 Å². The molecule has 1 aliphatic rings. The van der Waals surface area contributed by atoms with Crippen molar-refractivity contribution in [2.75, 3.05) is 46.4 Å². The summed E-state index contributed by atoms with van der Waals surface area (Å²) in [6.07, 6.45) is 0. The molecule has 1 amide bonds. The van der Waals surface area contributed by atoms with E-state index in [9.17, 15) is 14.0 Å². The van der Waals surface area contributed by atoms with Crippen LogP contribution in [0.3, 0.4) is 0 Å². The quantitative estimate of drug-likeness (QED) is 0.483. The molecule has 3 aromatic heterocycles. The van der Waals surface area contributed by atoms with Crippen LogP contribution in [0.1, 0.15) is 10.4 Å². The third-order valence-electron chi connectivity index (χ3n) is 5.80. The summed E-state index contributed by atoms with van der Waals surface area (Å²) < 4.78 is 20.0. The average molecular weight is 456 g/mol. The lowest BCUT2D eigenvalue weighted by Crippen LogP contribution is -2.49. The maximum Gasteiger partial charge on any atom is 0.276 e. The second-order valence-electron chi connectivity index (χ2n) is 7.81. The summed E-state index contributed by atoms with van der Waals surface area (Å²) in [5.41, 5.74) is 2.29. The van der Waals surface area contributed by atoms with Crippen LogP contribution in [-0.2, 0) is 4.74 Å². The van der Waals surface area contributed by atoms with Crippen molar-refractivity contribution in [2.24, 2.45) is 0 Å². The van der Waals surface area contributed by atoms with Gasteiger partial charge in [0.1, 0.15) is 5.82 Å². The van der Waals surface area contributed by atoms with Crippen LogP contribution in [0.5, 0.6) is 0 Å². The molecule has 0 unspecified atom stereocenters. The zero-order valence-electron chi connectivity index (χ0n) is 17.5. The van der Waals surface area contributed by atoms with Crippen LogP contribution in [0.2, 0.25) is 0 Å². The fourth-order valence-corrected chi connectivity index (χ4v) is 4.71. The Morgan fingerprint density at radius 3 is 2.75 bits per heavy atom. The van der Waals surface area contributed by atoms with E-state index in [-0.39, 0.29) is 22.7 Å². The molecule has 32 heavy (non-hydrogen) atoms. The molecular formula is C22H22FN5O3S. The van der Waals surface area contributed by atoms with Crippen molar-refractivity contribution in [3.05, 3.63) is 50.7 Å². The molecule has 1 aromatic carbocycles. The number of hydrogen-bond donors (Lipinski definition) is 2. The van der Waals surface area contributed by atoms with Gasteiger partial charge in [0, 0.05) is 61.5 Å². The molecule has 1 aliphatic heterocycles. The minimum atomic E-state index is -0.590. The highest BCUT2D eigenvalue weighted by molar-refractivity contribution is 7.09. The molecule has 2 N–H and O–H groups in total. The van der Waals surface area contributed by atoms with Crippen molar-refractivity contribution in [1.82, 2.24) is 24.8 Å². The van der Waals surface area contributed by atoms with E-state index in [2.05, 4.69) is 19.9 Å². The predicted octanol–water partition coefficient (Wildman–Crippen LogP) is 2.68. The normalized spacial score (nSPS) is 15.1. The first-order valence-electron chi connectivity index (χ1n) is 10.3. The number of ether oxygens (including phenoxy) is 1. The first kappa shape index (κ1) is 20.8. The molecule has 1 fully saturated rings. The number of aromatic amines is 2. The fraction of sp³-hybridized carbons (Fsp3) is 0.318. The van der Waals surface area contributed by atoms with Crippen molar-refractivity contribution in [3.63, 3.8) is 0 Å². The van der Waals surface area contributed by atoms with Gasteiger partial charge < -0.3 is 19.6 Å². The standard InChI is InChI=1S/C22H22FN5O3S/c1-31-7-6-27-2-4-28(5-3-27)22(30)14-8-13-9-17(24-16(13)10-15(14)23)20-21(29)26-19-12-32-11-18(19)25-20/h8-12,24H,2-7H2,1H3,(H,26,29). The molecule has 0 aliphatic carbocycles. The smallest absolute Gasteiger partial charge is 0.276 e. The van der Waals surface area contributed by atoms with E-state index in [0.29, 0.717) is 47.3 Å². The van der Waals surface area contributed by atoms with E-state index in [1.54, 1.807) is 24.1 Å². The Morgan fingerprint density at radius 2 is 1.97 bits per heavy atom. The Bertz CT molecular complexity index is 1350. The van der Waals surface area contributed by atoms with Crippen LogP contribution >= 0.6 is 11.3 Å². The number of carbonyl (C=O) groups is 1. The molecular weight excluding hydrogens is 433 g/mol. The van der Waals surface area contributed by atoms with E-state index in [0.717, 1.165) is 19.6 Å². The van der Waals surface area contributed by atoms with Crippen molar-refractivity contribution in [2.45, 2.75) is 0 Å². The lowest BCUT2D eigenvalue weighted by molar-refractivity contribution is 0.0590. The molecule has 4 heterocycles.